The number of benzene rings is 1. The maximum Gasteiger partial charge on any atom is 0.326 e. The molecule has 5 nitrogen and oxygen atoms in total. The second-order valence-electron chi connectivity index (χ2n) is 5.45. The number of carboxylic acid groups (broad SMARTS) is 1. The average molecular weight is 290 g/mol. The number of hydrogen-bond acceptors (Lipinski definition) is 3. The summed E-state index contributed by atoms with van der Waals surface area (Å²) in [5, 5.41) is 11.4. The summed E-state index contributed by atoms with van der Waals surface area (Å²) < 4.78 is 0. The van der Waals surface area contributed by atoms with Crippen LogP contribution >= 0.6 is 0 Å². The molecule has 0 saturated carbocycles. The van der Waals surface area contributed by atoms with Gasteiger partial charge in [-0.15, -0.1) is 0 Å². The fraction of sp³-hybridized carbons (Fsp3) is 0.500. The van der Waals surface area contributed by atoms with Gasteiger partial charge in [-0.05, 0) is 30.5 Å². The number of fused-ring (bicyclic) bond motifs is 1. The Hall–Kier alpha value is -1.88. The first kappa shape index (κ1) is 15.5. The molecule has 2 rings (SSSR count). The highest BCUT2D eigenvalue weighted by molar-refractivity contribution is 5.83. The van der Waals surface area contributed by atoms with Crippen LogP contribution in [0.25, 0.3) is 0 Å². The van der Waals surface area contributed by atoms with Crippen molar-refractivity contribution in [2.24, 2.45) is 0 Å². The van der Waals surface area contributed by atoms with E-state index < -0.39 is 12.0 Å². The van der Waals surface area contributed by atoms with Crippen LogP contribution in [0.2, 0.25) is 0 Å². The van der Waals surface area contributed by atoms with Gasteiger partial charge >= 0.3 is 5.97 Å². The first-order chi connectivity index (χ1) is 10.1. The smallest absolute Gasteiger partial charge is 0.326 e. The first-order valence-electron chi connectivity index (χ1n) is 7.41. The Morgan fingerprint density at radius 2 is 1.90 bits per heavy atom. The second kappa shape index (κ2) is 7.22. The number of nitrogens with one attached hydrogen (secondary N) is 1. The number of carboxylic acids is 1. The lowest BCUT2D eigenvalue weighted by Gasteiger charge is -2.15. The van der Waals surface area contributed by atoms with E-state index >= 15 is 0 Å². The van der Waals surface area contributed by atoms with Crippen LogP contribution in [0.1, 0.15) is 37.3 Å². The van der Waals surface area contributed by atoms with Crippen LogP contribution in [0, 0.1) is 0 Å². The normalized spacial score (nSPS) is 15.5. The van der Waals surface area contributed by atoms with E-state index in [4.69, 9.17) is 5.11 Å². The van der Waals surface area contributed by atoms with Gasteiger partial charge in [-0.2, -0.15) is 0 Å². The number of carbonyl (C=O) groups is 2. The van der Waals surface area contributed by atoms with Crippen LogP contribution in [-0.2, 0) is 22.7 Å². The summed E-state index contributed by atoms with van der Waals surface area (Å²) in [6.07, 6.45) is 1.52. The molecule has 1 amide bonds. The summed E-state index contributed by atoms with van der Waals surface area (Å²) in [7, 11) is 0. The van der Waals surface area contributed by atoms with Crippen molar-refractivity contribution in [1.29, 1.82) is 0 Å². The fourth-order valence-corrected chi connectivity index (χ4v) is 2.63. The molecular formula is C16H22N2O3. The Morgan fingerprint density at radius 1 is 1.29 bits per heavy atom. The summed E-state index contributed by atoms with van der Waals surface area (Å²) in [5.41, 5.74) is 2.72. The van der Waals surface area contributed by atoms with Gasteiger partial charge in [0.2, 0.25) is 5.91 Å². The number of rotatable bonds is 7. The molecular weight excluding hydrogens is 268 g/mol. The van der Waals surface area contributed by atoms with Gasteiger partial charge < -0.3 is 10.4 Å². The van der Waals surface area contributed by atoms with E-state index in [-0.39, 0.29) is 5.91 Å². The molecule has 0 aliphatic carbocycles. The zero-order valence-electron chi connectivity index (χ0n) is 12.3. The van der Waals surface area contributed by atoms with Crippen molar-refractivity contribution in [3.63, 3.8) is 0 Å². The van der Waals surface area contributed by atoms with Gasteiger partial charge in [0.05, 0.1) is 0 Å². The molecule has 0 bridgehead atoms. The van der Waals surface area contributed by atoms with Crippen molar-refractivity contribution in [1.82, 2.24) is 10.2 Å². The Kier molecular flexibility index (Phi) is 5.33. The highest BCUT2D eigenvalue weighted by atomic mass is 16.4. The third kappa shape index (κ3) is 4.29. The molecule has 0 saturated heterocycles. The van der Waals surface area contributed by atoms with Gasteiger partial charge in [0.15, 0.2) is 0 Å². The molecule has 0 fully saturated rings. The molecule has 0 radical (unpaired) electrons. The Balaban J connectivity index is 1.69. The lowest BCUT2D eigenvalue weighted by Crippen LogP contribution is -2.40. The molecule has 1 aliphatic heterocycles. The van der Waals surface area contributed by atoms with Crippen LogP contribution < -0.4 is 5.32 Å². The number of amides is 1. The molecule has 1 unspecified atom stereocenters. The van der Waals surface area contributed by atoms with E-state index in [1.54, 1.807) is 6.92 Å². The zero-order valence-corrected chi connectivity index (χ0v) is 12.3. The van der Waals surface area contributed by atoms with E-state index in [2.05, 4.69) is 22.3 Å². The van der Waals surface area contributed by atoms with Crippen LogP contribution in [0.3, 0.4) is 0 Å². The summed E-state index contributed by atoms with van der Waals surface area (Å²) in [4.78, 5) is 24.9. The number of aliphatic carboxylic acids is 1. The van der Waals surface area contributed by atoms with Gasteiger partial charge in [0, 0.05) is 19.5 Å². The topological polar surface area (TPSA) is 69.6 Å². The number of nitrogens with zero attached hydrogens (tertiary/aromatic N) is 1. The summed E-state index contributed by atoms with van der Waals surface area (Å²) >= 11 is 0. The maximum atomic E-state index is 11.7. The molecule has 0 spiro atoms. The Bertz CT molecular complexity index is 491. The molecule has 1 atom stereocenters. The Morgan fingerprint density at radius 3 is 2.43 bits per heavy atom. The standard InChI is InChI=1S/C16H22N2O3/c1-2-14(16(20)21)17-15(19)8-5-9-18-10-12-6-3-4-7-13(12)11-18/h3-4,6-7,14H,2,5,8-11H2,1H3,(H,17,19)(H,20,21). The zero-order chi connectivity index (χ0) is 15.2. The van der Waals surface area contributed by atoms with E-state index in [1.807, 2.05) is 12.1 Å². The van der Waals surface area contributed by atoms with Crippen molar-refractivity contribution in [3.8, 4) is 0 Å². The van der Waals surface area contributed by atoms with Crippen LogP contribution in [0.15, 0.2) is 24.3 Å². The quantitative estimate of drug-likeness (QED) is 0.803. The van der Waals surface area contributed by atoms with Crippen molar-refractivity contribution < 1.29 is 14.7 Å². The second-order valence-corrected chi connectivity index (χ2v) is 5.45. The number of hydrogen-bond donors (Lipinski definition) is 2. The van der Waals surface area contributed by atoms with Gasteiger partial charge in [-0.3, -0.25) is 9.69 Å². The fourth-order valence-electron chi connectivity index (χ4n) is 2.63. The van der Waals surface area contributed by atoms with Crippen LogP contribution in [-0.4, -0.2) is 34.5 Å². The van der Waals surface area contributed by atoms with Gasteiger partial charge in [-0.25, -0.2) is 4.79 Å². The molecule has 1 aromatic carbocycles. The summed E-state index contributed by atoms with van der Waals surface area (Å²) in [6.45, 7) is 4.47. The van der Waals surface area contributed by atoms with Gasteiger partial charge in [0.25, 0.3) is 0 Å². The van der Waals surface area contributed by atoms with Crippen molar-refractivity contribution in [2.75, 3.05) is 6.54 Å². The van der Waals surface area contributed by atoms with E-state index in [0.29, 0.717) is 12.8 Å². The monoisotopic (exact) mass is 290 g/mol. The largest absolute Gasteiger partial charge is 0.480 e. The summed E-state index contributed by atoms with van der Waals surface area (Å²) in [5.74, 6) is -1.15. The van der Waals surface area contributed by atoms with Crippen molar-refractivity contribution in [3.05, 3.63) is 35.4 Å². The minimum atomic E-state index is -0.971. The van der Waals surface area contributed by atoms with E-state index in [9.17, 15) is 9.59 Å². The first-order valence-corrected chi connectivity index (χ1v) is 7.41. The molecule has 1 heterocycles. The minimum Gasteiger partial charge on any atom is -0.480 e. The SMILES string of the molecule is CCC(NC(=O)CCCN1Cc2ccccc2C1)C(=O)O. The Labute approximate surface area is 125 Å². The minimum absolute atomic E-state index is 0.180. The van der Waals surface area contributed by atoms with Crippen LogP contribution in [0.5, 0.6) is 0 Å². The van der Waals surface area contributed by atoms with E-state index in [0.717, 1.165) is 26.1 Å². The maximum absolute atomic E-state index is 11.7. The molecule has 1 aliphatic rings. The molecule has 21 heavy (non-hydrogen) atoms. The molecule has 1 aromatic rings. The van der Waals surface area contributed by atoms with Gasteiger partial charge in [-0.1, -0.05) is 31.2 Å². The third-order valence-electron chi connectivity index (χ3n) is 3.83. The third-order valence-corrected chi connectivity index (χ3v) is 3.83. The summed E-state index contributed by atoms with van der Waals surface area (Å²) in [6, 6.07) is 7.61. The average Bonchev–Trinajstić information content (AvgIpc) is 2.87. The van der Waals surface area contributed by atoms with Crippen LogP contribution in [0.4, 0.5) is 0 Å². The van der Waals surface area contributed by atoms with Crippen molar-refractivity contribution in [2.45, 2.75) is 45.3 Å². The highest BCUT2D eigenvalue weighted by Crippen LogP contribution is 2.22. The van der Waals surface area contributed by atoms with Crippen molar-refractivity contribution >= 4 is 11.9 Å². The molecule has 5 heteroatoms. The van der Waals surface area contributed by atoms with E-state index in [1.165, 1.54) is 11.1 Å². The molecule has 114 valence electrons. The predicted molar refractivity (Wildman–Crippen MR) is 79.6 cm³/mol. The lowest BCUT2D eigenvalue weighted by atomic mass is 10.1. The predicted octanol–water partition coefficient (Wildman–Crippen LogP) is 1.76. The number of carbonyl (C=O) groups excluding carboxylic acids is 1. The molecule has 2 N–H and O–H groups in total. The lowest BCUT2D eigenvalue weighted by molar-refractivity contribution is -0.141. The molecule has 0 aromatic heterocycles. The van der Waals surface area contributed by atoms with Gasteiger partial charge in [0.1, 0.15) is 6.04 Å². The highest BCUT2D eigenvalue weighted by Gasteiger charge is 2.19.